The standard InChI is InChI=1S/C30H21P.CHF3O3S/c1-4-16-25-22(10-1)13-7-19-28(25)31(29-20-8-14-23-11-2-5-17-26(23)29)30-21-9-15-24-12-3-6-18-27(24)30;2-1(3,4)8(5,6)7/h1-21H;(H,5,6,7). The van der Waals surface area contributed by atoms with Gasteiger partial charge in [-0.05, 0) is 56.2 Å². The summed E-state index contributed by atoms with van der Waals surface area (Å²) in [5, 5.41) is 12.2. The number of fused-ring (bicyclic) bond motifs is 3. The van der Waals surface area contributed by atoms with Crippen LogP contribution in [0.3, 0.4) is 0 Å². The summed E-state index contributed by atoms with van der Waals surface area (Å²) in [5.41, 5.74) is -5.53. The van der Waals surface area contributed by atoms with E-state index in [-0.39, 0.29) is 0 Å². The normalized spacial score (nSPS) is 12.0. The Morgan fingerprint density at radius 1 is 0.487 bits per heavy atom. The lowest BCUT2D eigenvalue weighted by Gasteiger charge is -2.24. The third kappa shape index (κ3) is 5.52. The van der Waals surface area contributed by atoms with Gasteiger partial charge >= 0.3 is 15.6 Å². The van der Waals surface area contributed by atoms with Crippen LogP contribution in [0.4, 0.5) is 13.2 Å². The highest BCUT2D eigenvalue weighted by molar-refractivity contribution is 7.86. The van der Waals surface area contributed by atoms with Crippen LogP contribution < -0.4 is 15.9 Å². The summed E-state index contributed by atoms with van der Waals surface area (Å²) in [4.78, 5) is 0. The van der Waals surface area contributed by atoms with E-state index in [0.717, 1.165) is 0 Å². The summed E-state index contributed by atoms with van der Waals surface area (Å²) in [6.45, 7) is 0. The van der Waals surface area contributed by atoms with Gasteiger partial charge in [0.15, 0.2) is 0 Å². The maximum absolute atomic E-state index is 10.7. The number of benzene rings is 6. The predicted molar refractivity (Wildman–Crippen MR) is 155 cm³/mol. The van der Waals surface area contributed by atoms with Gasteiger partial charge in [0.2, 0.25) is 0 Å². The molecule has 0 bridgehead atoms. The zero-order valence-corrected chi connectivity index (χ0v) is 22.1. The van der Waals surface area contributed by atoms with Crippen molar-refractivity contribution in [3.63, 3.8) is 0 Å². The quantitative estimate of drug-likeness (QED) is 0.140. The number of rotatable bonds is 3. The molecule has 39 heavy (non-hydrogen) atoms. The average molecular weight is 563 g/mol. The van der Waals surface area contributed by atoms with E-state index >= 15 is 0 Å². The Morgan fingerprint density at radius 3 is 1.03 bits per heavy atom. The van der Waals surface area contributed by atoms with Gasteiger partial charge in [0.05, 0.1) is 0 Å². The van der Waals surface area contributed by atoms with Crippen molar-refractivity contribution in [2.24, 2.45) is 0 Å². The van der Waals surface area contributed by atoms with Gasteiger partial charge in [0.25, 0.3) is 0 Å². The van der Waals surface area contributed by atoms with Crippen molar-refractivity contribution in [2.45, 2.75) is 5.51 Å². The lowest BCUT2D eigenvalue weighted by molar-refractivity contribution is -0.0510. The first-order valence-electron chi connectivity index (χ1n) is 11.9. The van der Waals surface area contributed by atoms with Gasteiger partial charge in [0.1, 0.15) is 0 Å². The summed E-state index contributed by atoms with van der Waals surface area (Å²) in [6.07, 6.45) is 0. The molecule has 0 aliphatic heterocycles. The molecule has 6 rings (SSSR count). The molecule has 0 heterocycles. The maximum atomic E-state index is 10.7. The Kier molecular flexibility index (Phi) is 7.41. The van der Waals surface area contributed by atoms with E-state index in [1.54, 1.807) is 0 Å². The number of hydrogen-bond donors (Lipinski definition) is 1. The minimum absolute atomic E-state index is 0.745. The molecule has 0 radical (unpaired) electrons. The van der Waals surface area contributed by atoms with Crippen LogP contribution >= 0.6 is 7.92 Å². The largest absolute Gasteiger partial charge is 0.522 e. The van der Waals surface area contributed by atoms with Crippen LogP contribution in [0.25, 0.3) is 32.3 Å². The fraction of sp³-hybridized carbons (Fsp3) is 0.0323. The van der Waals surface area contributed by atoms with Crippen molar-refractivity contribution in [1.29, 1.82) is 0 Å². The van der Waals surface area contributed by atoms with Gasteiger partial charge < -0.3 is 0 Å². The average Bonchev–Trinajstić information content (AvgIpc) is 2.93. The molecule has 8 heteroatoms. The van der Waals surface area contributed by atoms with E-state index in [9.17, 15) is 13.2 Å². The summed E-state index contributed by atoms with van der Waals surface area (Å²) in [7, 11) is -6.59. The van der Waals surface area contributed by atoms with Gasteiger partial charge in [-0.3, -0.25) is 4.55 Å². The molecular weight excluding hydrogens is 540 g/mol. The molecule has 0 saturated heterocycles. The molecule has 0 amide bonds. The van der Waals surface area contributed by atoms with Crippen LogP contribution in [0.5, 0.6) is 0 Å². The highest BCUT2D eigenvalue weighted by atomic mass is 32.2. The second-order valence-corrected chi connectivity index (χ2v) is 12.3. The predicted octanol–water partition coefficient (Wildman–Crippen LogP) is 7.30. The Balaban J connectivity index is 0.000000339. The molecule has 6 aromatic carbocycles. The topological polar surface area (TPSA) is 54.4 Å². The minimum Gasteiger partial charge on any atom is -0.279 e. The zero-order valence-electron chi connectivity index (χ0n) is 20.4. The summed E-state index contributed by atoms with van der Waals surface area (Å²) >= 11 is 0. The van der Waals surface area contributed by atoms with E-state index < -0.39 is 23.5 Å². The first-order valence-corrected chi connectivity index (χ1v) is 14.7. The molecule has 1 N–H and O–H groups in total. The Hall–Kier alpha value is -3.77. The van der Waals surface area contributed by atoms with Crippen LogP contribution in [0.2, 0.25) is 0 Å². The summed E-state index contributed by atoms with van der Waals surface area (Å²) in [6, 6.07) is 46.6. The van der Waals surface area contributed by atoms with E-state index in [0.29, 0.717) is 0 Å². The maximum Gasteiger partial charge on any atom is 0.522 e. The Morgan fingerprint density at radius 2 is 0.744 bits per heavy atom. The number of hydrogen-bond acceptors (Lipinski definition) is 2. The van der Waals surface area contributed by atoms with Crippen molar-refractivity contribution >= 4 is 66.3 Å². The molecule has 0 saturated carbocycles. The molecule has 0 unspecified atom stereocenters. The molecule has 196 valence electrons. The summed E-state index contributed by atoms with van der Waals surface area (Å²) < 4.78 is 57.5. The smallest absolute Gasteiger partial charge is 0.279 e. The minimum atomic E-state index is -5.84. The first kappa shape index (κ1) is 26.8. The molecule has 0 spiro atoms. The highest BCUT2D eigenvalue weighted by Gasteiger charge is 2.44. The van der Waals surface area contributed by atoms with Crippen molar-refractivity contribution in [1.82, 2.24) is 0 Å². The fourth-order valence-corrected chi connectivity index (χ4v) is 7.42. The molecular formula is C31H22F3O3PS. The van der Waals surface area contributed by atoms with E-state index in [2.05, 4.69) is 127 Å². The second kappa shape index (κ2) is 10.8. The van der Waals surface area contributed by atoms with Crippen molar-refractivity contribution in [3.8, 4) is 0 Å². The van der Waals surface area contributed by atoms with Gasteiger partial charge in [-0.1, -0.05) is 127 Å². The van der Waals surface area contributed by atoms with Crippen LogP contribution in [0, 0.1) is 0 Å². The van der Waals surface area contributed by atoms with E-state index in [4.69, 9.17) is 13.0 Å². The monoisotopic (exact) mass is 562 g/mol. The van der Waals surface area contributed by atoms with Crippen LogP contribution in [0.1, 0.15) is 0 Å². The van der Waals surface area contributed by atoms with Gasteiger partial charge in [-0.25, -0.2) is 0 Å². The molecule has 6 aromatic rings. The molecule has 0 fully saturated rings. The van der Waals surface area contributed by atoms with Gasteiger partial charge in [-0.2, -0.15) is 21.6 Å². The highest BCUT2D eigenvalue weighted by Crippen LogP contribution is 2.40. The third-order valence-corrected chi connectivity index (χ3v) is 9.52. The Labute approximate surface area is 225 Å². The van der Waals surface area contributed by atoms with Crippen molar-refractivity contribution in [2.75, 3.05) is 0 Å². The molecule has 0 aromatic heterocycles. The molecule has 0 atom stereocenters. The van der Waals surface area contributed by atoms with Gasteiger partial charge in [-0.15, -0.1) is 0 Å². The SMILES string of the molecule is O=S(=O)(O)C(F)(F)F.c1ccc2c(P(c3cccc4ccccc34)c3cccc4ccccc34)cccc2c1. The fourth-order valence-electron chi connectivity index (χ4n) is 4.60. The lowest BCUT2D eigenvalue weighted by atomic mass is 10.1. The lowest BCUT2D eigenvalue weighted by Crippen LogP contribution is -2.22. The zero-order chi connectivity index (χ0) is 27.6. The van der Waals surface area contributed by atoms with Gasteiger partial charge in [0, 0.05) is 0 Å². The number of halogens is 3. The Bertz CT molecular complexity index is 1700. The molecule has 0 aliphatic rings. The van der Waals surface area contributed by atoms with E-state index in [1.165, 1.54) is 48.2 Å². The van der Waals surface area contributed by atoms with Crippen molar-refractivity contribution < 1.29 is 26.1 Å². The number of alkyl halides is 3. The summed E-state index contributed by atoms with van der Waals surface area (Å²) in [5.74, 6) is 0. The third-order valence-electron chi connectivity index (χ3n) is 6.32. The van der Waals surface area contributed by atoms with Crippen LogP contribution in [-0.2, 0) is 10.1 Å². The van der Waals surface area contributed by atoms with Crippen molar-refractivity contribution in [3.05, 3.63) is 127 Å². The van der Waals surface area contributed by atoms with Crippen LogP contribution in [-0.4, -0.2) is 18.5 Å². The molecule has 3 nitrogen and oxygen atoms in total. The van der Waals surface area contributed by atoms with E-state index in [1.807, 2.05) is 0 Å². The second-order valence-electron chi connectivity index (χ2n) is 8.75. The first-order chi connectivity index (χ1) is 18.6. The molecule has 0 aliphatic carbocycles. The van der Waals surface area contributed by atoms with Crippen LogP contribution in [0.15, 0.2) is 127 Å².